The van der Waals surface area contributed by atoms with E-state index in [1.54, 1.807) is 32.2 Å². The largest absolute Gasteiger partial charge is 0.497 e. The molecule has 2 aromatic carbocycles. The van der Waals surface area contributed by atoms with Crippen molar-refractivity contribution >= 4 is 17.5 Å². The fourth-order valence-corrected chi connectivity index (χ4v) is 2.40. The Morgan fingerprint density at radius 1 is 1.09 bits per heavy atom. The standard InChI is InChI=1S/C18H20ClNO3/c1-20(12-13-4-6-15(19)7-5-13)18(21)11-14-10-16(22-2)8-9-17(14)23-3/h4-10H,11-12H2,1-3H3. The van der Waals surface area contributed by atoms with Gasteiger partial charge in [0, 0.05) is 24.2 Å². The molecule has 0 N–H and O–H groups in total. The minimum atomic E-state index is 0.00602. The van der Waals surface area contributed by atoms with Gasteiger partial charge in [-0.2, -0.15) is 0 Å². The van der Waals surface area contributed by atoms with E-state index in [1.165, 1.54) is 0 Å². The van der Waals surface area contributed by atoms with E-state index < -0.39 is 0 Å². The number of amides is 1. The number of nitrogens with zero attached hydrogens (tertiary/aromatic N) is 1. The minimum absolute atomic E-state index is 0.00602. The van der Waals surface area contributed by atoms with Crippen LogP contribution in [-0.2, 0) is 17.8 Å². The molecule has 0 fully saturated rings. The van der Waals surface area contributed by atoms with Gasteiger partial charge < -0.3 is 14.4 Å². The van der Waals surface area contributed by atoms with Crippen molar-refractivity contribution < 1.29 is 14.3 Å². The average Bonchev–Trinajstić information content (AvgIpc) is 2.56. The summed E-state index contributed by atoms with van der Waals surface area (Å²) in [6, 6.07) is 12.9. The van der Waals surface area contributed by atoms with Crippen LogP contribution in [0.3, 0.4) is 0 Å². The molecule has 0 aliphatic heterocycles. The highest BCUT2D eigenvalue weighted by Gasteiger charge is 2.14. The Labute approximate surface area is 141 Å². The molecule has 0 unspecified atom stereocenters. The molecule has 0 bridgehead atoms. The third kappa shape index (κ3) is 4.63. The first-order chi connectivity index (χ1) is 11.0. The van der Waals surface area contributed by atoms with Crippen LogP contribution < -0.4 is 9.47 Å². The number of benzene rings is 2. The van der Waals surface area contributed by atoms with Crippen molar-refractivity contribution in [2.24, 2.45) is 0 Å². The summed E-state index contributed by atoms with van der Waals surface area (Å²) in [6.07, 6.45) is 0.254. The molecule has 0 aliphatic rings. The molecule has 0 radical (unpaired) electrons. The Morgan fingerprint density at radius 2 is 1.78 bits per heavy atom. The van der Waals surface area contributed by atoms with Crippen LogP contribution in [0.1, 0.15) is 11.1 Å². The smallest absolute Gasteiger partial charge is 0.227 e. The summed E-state index contributed by atoms with van der Waals surface area (Å²) in [7, 11) is 4.97. The van der Waals surface area contributed by atoms with Crippen molar-refractivity contribution in [1.82, 2.24) is 4.90 Å². The molecule has 4 nitrogen and oxygen atoms in total. The van der Waals surface area contributed by atoms with Gasteiger partial charge in [0.1, 0.15) is 11.5 Å². The zero-order valence-electron chi connectivity index (χ0n) is 13.5. The maximum atomic E-state index is 12.5. The molecule has 23 heavy (non-hydrogen) atoms. The van der Waals surface area contributed by atoms with E-state index >= 15 is 0 Å². The summed E-state index contributed by atoms with van der Waals surface area (Å²) in [5.74, 6) is 1.39. The van der Waals surface area contributed by atoms with Crippen molar-refractivity contribution in [3.05, 3.63) is 58.6 Å². The van der Waals surface area contributed by atoms with E-state index in [0.29, 0.717) is 23.1 Å². The van der Waals surface area contributed by atoms with E-state index in [1.807, 2.05) is 36.4 Å². The van der Waals surface area contributed by atoms with Gasteiger partial charge in [0.15, 0.2) is 0 Å². The minimum Gasteiger partial charge on any atom is -0.497 e. The molecule has 1 amide bonds. The first kappa shape index (κ1) is 17.2. The van der Waals surface area contributed by atoms with Gasteiger partial charge in [-0.15, -0.1) is 0 Å². The van der Waals surface area contributed by atoms with E-state index in [-0.39, 0.29) is 12.3 Å². The Hall–Kier alpha value is -2.20. The van der Waals surface area contributed by atoms with Crippen LogP contribution in [-0.4, -0.2) is 32.1 Å². The van der Waals surface area contributed by atoms with Crippen molar-refractivity contribution in [1.29, 1.82) is 0 Å². The average molecular weight is 334 g/mol. The molecule has 0 atom stereocenters. The normalized spacial score (nSPS) is 10.3. The topological polar surface area (TPSA) is 38.8 Å². The lowest BCUT2D eigenvalue weighted by Gasteiger charge is -2.18. The summed E-state index contributed by atoms with van der Waals surface area (Å²) in [5, 5.41) is 0.684. The van der Waals surface area contributed by atoms with E-state index in [2.05, 4.69) is 0 Å². The van der Waals surface area contributed by atoms with Crippen molar-refractivity contribution in [2.45, 2.75) is 13.0 Å². The summed E-state index contributed by atoms with van der Waals surface area (Å²) in [6.45, 7) is 0.530. The zero-order valence-corrected chi connectivity index (χ0v) is 14.3. The molecule has 0 aromatic heterocycles. The van der Waals surface area contributed by atoms with Crippen LogP contribution in [0.25, 0.3) is 0 Å². The number of carbonyl (C=O) groups is 1. The molecule has 122 valence electrons. The maximum absolute atomic E-state index is 12.5. The van der Waals surface area contributed by atoms with Crippen LogP contribution >= 0.6 is 11.6 Å². The van der Waals surface area contributed by atoms with Gasteiger partial charge in [0.25, 0.3) is 0 Å². The van der Waals surface area contributed by atoms with Crippen LogP contribution in [0.15, 0.2) is 42.5 Å². The third-order valence-electron chi connectivity index (χ3n) is 3.59. The number of methoxy groups -OCH3 is 2. The van der Waals surface area contributed by atoms with E-state index in [0.717, 1.165) is 11.1 Å². The number of ether oxygens (including phenoxy) is 2. The quantitative estimate of drug-likeness (QED) is 0.811. The van der Waals surface area contributed by atoms with Gasteiger partial charge in [0.2, 0.25) is 5.91 Å². The molecule has 5 heteroatoms. The highest BCUT2D eigenvalue weighted by Crippen LogP contribution is 2.25. The van der Waals surface area contributed by atoms with Crippen LogP contribution in [0.5, 0.6) is 11.5 Å². The molecule has 0 saturated heterocycles. The first-order valence-electron chi connectivity index (χ1n) is 7.22. The predicted octanol–water partition coefficient (Wildman–Crippen LogP) is 3.56. The van der Waals surface area contributed by atoms with Gasteiger partial charge >= 0.3 is 0 Å². The van der Waals surface area contributed by atoms with Crippen LogP contribution in [0.4, 0.5) is 0 Å². The van der Waals surface area contributed by atoms with Crippen molar-refractivity contribution in [3.63, 3.8) is 0 Å². The van der Waals surface area contributed by atoms with Gasteiger partial charge in [-0.3, -0.25) is 4.79 Å². The molecule has 0 aliphatic carbocycles. The second-order valence-corrected chi connectivity index (χ2v) is 5.67. The molecule has 0 saturated carbocycles. The molecular formula is C18H20ClNO3. The summed E-state index contributed by atoms with van der Waals surface area (Å²) in [5.41, 5.74) is 1.84. The molecular weight excluding hydrogens is 314 g/mol. The number of likely N-dealkylation sites (N-methyl/N-ethyl adjacent to an activating group) is 1. The second-order valence-electron chi connectivity index (χ2n) is 5.23. The number of hydrogen-bond acceptors (Lipinski definition) is 3. The SMILES string of the molecule is COc1ccc(OC)c(CC(=O)N(C)Cc2ccc(Cl)cc2)c1. The second kappa shape index (κ2) is 7.88. The molecule has 2 aromatic rings. The Kier molecular flexibility index (Phi) is 5.88. The highest BCUT2D eigenvalue weighted by molar-refractivity contribution is 6.30. The first-order valence-corrected chi connectivity index (χ1v) is 7.60. The summed E-state index contributed by atoms with van der Waals surface area (Å²) in [4.78, 5) is 14.1. The highest BCUT2D eigenvalue weighted by atomic mass is 35.5. The Balaban J connectivity index is 2.07. The molecule has 2 rings (SSSR count). The predicted molar refractivity (Wildman–Crippen MR) is 91.2 cm³/mol. The number of hydrogen-bond donors (Lipinski definition) is 0. The summed E-state index contributed by atoms with van der Waals surface area (Å²) < 4.78 is 10.5. The van der Waals surface area contributed by atoms with Crippen LogP contribution in [0, 0.1) is 0 Å². The molecule has 0 spiro atoms. The Morgan fingerprint density at radius 3 is 2.39 bits per heavy atom. The number of halogens is 1. The fourth-order valence-electron chi connectivity index (χ4n) is 2.27. The zero-order chi connectivity index (χ0) is 16.8. The lowest BCUT2D eigenvalue weighted by atomic mass is 10.1. The molecule has 0 heterocycles. The number of rotatable bonds is 6. The van der Waals surface area contributed by atoms with E-state index in [9.17, 15) is 4.79 Å². The van der Waals surface area contributed by atoms with Gasteiger partial charge in [0.05, 0.1) is 20.6 Å². The van der Waals surface area contributed by atoms with Gasteiger partial charge in [-0.25, -0.2) is 0 Å². The van der Waals surface area contributed by atoms with E-state index in [4.69, 9.17) is 21.1 Å². The lowest BCUT2D eigenvalue weighted by Crippen LogP contribution is -2.27. The Bertz CT molecular complexity index is 670. The monoisotopic (exact) mass is 333 g/mol. The van der Waals surface area contributed by atoms with Crippen molar-refractivity contribution in [3.8, 4) is 11.5 Å². The summed E-state index contributed by atoms with van der Waals surface area (Å²) >= 11 is 5.87. The van der Waals surface area contributed by atoms with Crippen LogP contribution in [0.2, 0.25) is 5.02 Å². The van der Waals surface area contributed by atoms with Gasteiger partial charge in [-0.1, -0.05) is 23.7 Å². The number of carbonyl (C=O) groups excluding carboxylic acids is 1. The fraction of sp³-hybridized carbons (Fsp3) is 0.278. The maximum Gasteiger partial charge on any atom is 0.227 e. The van der Waals surface area contributed by atoms with Gasteiger partial charge in [-0.05, 0) is 35.9 Å². The third-order valence-corrected chi connectivity index (χ3v) is 3.84. The lowest BCUT2D eigenvalue weighted by molar-refractivity contribution is -0.129. The van der Waals surface area contributed by atoms with Crippen molar-refractivity contribution in [2.75, 3.05) is 21.3 Å².